The fourth-order valence-corrected chi connectivity index (χ4v) is 8.21. The van der Waals surface area contributed by atoms with Gasteiger partial charge in [0, 0.05) is 79.8 Å². The third kappa shape index (κ3) is 10.2. The number of methoxy groups -OCH3 is 2. The van der Waals surface area contributed by atoms with E-state index >= 15 is 0 Å². The fourth-order valence-electron chi connectivity index (χ4n) is 6.78. The van der Waals surface area contributed by atoms with Crippen molar-refractivity contribution in [1.82, 2.24) is 4.90 Å². The summed E-state index contributed by atoms with van der Waals surface area (Å²) in [6.45, 7) is 4.63. The smallest absolute Gasteiger partial charge is 0.340 e. The summed E-state index contributed by atoms with van der Waals surface area (Å²) in [4.78, 5) is 54.9. The minimum atomic E-state index is -4.80. The molecule has 0 radical (unpaired) electrons. The Balaban J connectivity index is 1.60. The molecule has 0 aromatic heterocycles. The van der Waals surface area contributed by atoms with E-state index in [1.165, 1.54) is 44.2 Å². The highest BCUT2D eigenvalue weighted by molar-refractivity contribution is 7.87. The third-order valence-electron chi connectivity index (χ3n) is 9.61. The summed E-state index contributed by atoms with van der Waals surface area (Å²) < 4.78 is 73.9. The van der Waals surface area contributed by atoms with Gasteiger partial charge < -0.3 is 47.6 Å². The number of fused-ring (bicyclic) bond motifs is 3. The molecular formula is C38H44ClN5O14S. The number of carbonyl (C=O) groups excluding carboxylic acids is 4. The summed E-state index contributed by atoms with van der Waals surface area (Å²) >= 11 is 6.30. The largest absolute Gasteiger partial charge is 0.497 e. The van der Waals surface area contributed by atoms with E-state index in [4.69, 9.17) is 54.5 Å². The zero-order valence-corrected chi connectivity index (χ0v) is 34.6. The number of halogens is 1. The minimum Gasteiger partial charge on any atom is -0.497 e. The number of anilines is 1. The van der Waals surface area contributed by atoms with Crippen LogP contribution in [-0.4, -0.2) is 122 Å². The van der Waals surface area contributed by atoms with E-state index in [0.717, 1.165) is 32.6 Å². The molecule has 2 aliphatic heterocycles. The fraction of sp³-hybridized carbons (Fsp3) is 0.474. The Kier molecular flexibility index (Phi) is 14.7. The standard InChI is InChI=1S/C38H44ClN5O14S/c1-20-33(54-21(2)45)35(55-22(3)46)38(57-34(20)37(48)52-6)56-29-10-7-23(36(47)44(4)12-14-53-13-11-42-43-40)15-30(29)58-59(49,50)31-17-28-32(24(18-39)19-41-28)27-16-25(51-5)8-9-26(27)31/h7-10,15-17,20,24,33-35,38,41H,11-14,18-19H2,1-6H3/t20-,24+,33-,34-,35+,38?/m0/s1. The highest BCUT2D eigenvalue weighted by Gasteiger charge is 2.52. The second kappa shape index (κ2) is 19.5. The molecule has 19 nitrogen and oxygen atoms in total. The average molecular weight is 862 g/mol. The lowest BCUT2D eigenvalue weighted by atomic mass is 9.90. The molecule has 2 aliphatic rings. The zero-order chi connectivity index (χ0) is 43.0. The molecule has 1 N–H and O–H groups in total. The molecule has 59 heavy (non-hydrogen) atoms. The first kappa shape index (κ1) is 44.6. The first-order valence-electron chi connectivity index (χ1n) is 18.2. The topological polar surface area (TPSA) is 240 Å². The second-order valence-electron chi connectivity index (χ2n) is 13.5. The number of ether oxygens (including phenoxy) is 7. The van der Waals surface area contributed by atoms with Crippen LogP contribution in [0.4, 0.5) is 5.69 Å². The van der Waals surface area contributed by atoms with Crippen LogP contribution in [0.5, 0.6) is 17.2 Å². The van der Waals surface area contributed by atoms with Gasteiger partial charge in [-0.25, -0.2) is 4.79 Å². The van der Waals surface area contributed by atoms with E-state index in [-0.39, 0.29) is 54.3 Å². The molecule has 1 fully saturated rings. The minimum absolute atomic E-state index is 0.0331. The molecule has 0 aliphatic carbocycles. The number of rotatable bonds is 17. The molecule has 3 aromatic carbocycles. The van der Waals surface area contributed by atoms with Gasteiger partial charge in [0.15, 0.2) is 23.7 Å². The Bertz CT molecular complexity index is 2240. The number of benzene rings is 3. The Morgan fingerprint density at radius 2 is 1.73 bits per heavy atom. The molecule has 0 saturated carbocycles. The van der Waals surface area contributed by atoms with Gasteiger partial charge in [0.1, 0.15) is 10.6 Å². The van der Waals surface area contributed by atoms with Crippen LogP contribution in [0.3, 0.4) is 0 Å². The SMILES string of the molecule is COC(=O)[C@H]1OC(Oc2ccc(C(=O)N(C)CCOCCN=[N+]=[N-])cc2OS(=O)(=O)c2cc3c(c4cc(OC)ccc24)[C@H](CCl)CN3)[C@H](OC(C)=O)[C@@H](OC(C)=O)[C@@H]1C. The maximum atomic E-state index is 14.5. The molecule has 21 heteroatoms. The van der Waals surface area contributed by atoms with E-state index in [9.17, 15) is 27.6 Å². The van der Waals surface area contributed by atoms with E-state index in [0.29, 0.717) is 28.8 Å². The second-order valence-corrected chi connectivity index (χ2v) is 15.4. The highest BCUT2D eigenvalue weighted by Crippen LogP contribution is 2.44. The molecular weight excluding hydrogens is 818 g/mol. The van der Waals surface area contributed by atoms with Gasteiger partial charge in [-0.1, -0.05) is 12.0 Å². The molecule has 3 aromatic rings. The third-order valence-corrected chi connectivity index (χ3v) is 11.3. The molecule has 318 valence electrons. The van der Waals surface area contributed by atoms with Gasteiger partial charge in [-0.3, -0.25) is 14.4 Å². The molecule has 1 unspecified atom stereocenters. The maximum absolute atomic E-state index is 14.5. The summed E-state index contributed by atoms with van der Waals surface area (Å²) in [6, 6.07) is 10.0. The number of nitrogens with zero attached hydrogens (tertiary/aromatic N) is 4. The van der Waals surface area contributed by atoms with Crippen LogP contribution in [0.1, 0.15) is 42.6 Å². The van der Waals surface area contributed by atoms with Crippen molar-refractivity contribution < 1.29 is 64.9 Å². The summed E-state index contributed by atoms with van der Waals surface area (Å²) in [6.07, 6.45) is -5.91. The summed E-state index contributed by atoms with van der Waals surface area (Å²) in [5, 5.41) is 7.46. The Morgan fingerprint density at radius 3 is 2.39 bits per heavy atom. The molecule has 0 spiro atoms. The van der Waals surface area contributed by atoms with Gasteiger partial charge in [-0.05, 0) is 58.9 Å². The van der Waals surface area contributed by atoms with Gasteiger partial charge in [0.25, 0.3) is 5.91 Å². The van der Waals surface area contributed by atoms with Crippen LogP contribution in [0.2, 0.25) is 0 Å². The van der Waals surface area contributed by atoms with Crippen molar-refractivity contribution in [1.29, 1.82) is 0 Å². The molecule has 5 rings (SSSR count). The van der Waals surface area contributed by atoms with E-state index in [1.807, 2.05) is 0 Å². The molecule has 1 saturated heterocycles. The maximum Gasteiger partial charge on any atom is 0.340 e. The average Bonchev–Trinajstić information content (AvgIpc) is 3.64. The van der Waals surface area contributed by atoms with Crippen molar-refractivity contribution in [2.75, 3.05) is 65.3 Å². The van der Waals surface area contributed by atoms with E-state index < -0.39 is 70.2 Å². The van der Waals surface area contributed by atoms with E-state index in [2.05, 4.69) is 15.3 Å². The number of hydrogen-bond donors (Lipinski definition) is 1. The first-order valence-corrected chi connectivity index (χ1v) is 20.2. The number of nitrogens with one attached hydrogen (secondary N) is 1. The molecule has 0 bridgehead atoms. The Morgan fingerprint density at radius 1 is 1.00 bits per heavy atom. The number of likely N-dealkylation sites (N-methyl/N-ethyl adjacent to an activating group) is 1. The van der Waals surface area contributed by atoms with Crippen LogP contribution in [0.25, 0.3) is 21.2 Å². The monoisotopic (exact) mass is 861 g/mol. The van der Waals surface area contributed by atoms with Gasteiger partial charge in [0.05, 0.1) is 27.4 Å². The van der Waals surface area contributed by atoms with Crippen LogP contribution in [0.15, 0.2) is 52.5 Å². The zero-order valence-electron chi connectivity index (χ0n) is 33.0. The predicted molar refractivity (Wildman–Crippen MR) is 210 cm³/mol. The Labute approximate surface area is 344 Å². The Hall–Kier alpha value is -5.53. The van der Waals surface area contributed by atoms with Crippen LogP contribution < -0.4 is 19.0 Å². The van der Waals surface area contributed by atoms with Crippen molar-refractivity contribution in [3.63, 3.8) is 0 Å². The van der Waals surface area contributed by atoms with Gasteiger partial charge >= 0.3 is 28.0 Å². The highest BCUT2D eigenvalue weighted by atomic mass is 35.5. The number of carbonyl (C=O) groups is 4. The van der Waals surface area contributed by atoms with Gasteiger partial charge in [0.2, 0.25) is 12.4 Å². The van der Waals surface area contributed by atoms with Gasteiger partial charge in [-0.15, -0.1) is 11.6 Å². The number of hydrogen-bond acceptors (Lipinski definition) is 16. The molecule has 6 atom stereocenters. The summed E-state index contributed by atoms with van der Waals surface area (Å²) in [5.41, 5.74) is 9.75. The van der Waals surface area contributed by atoms with Crippen molar-refractivity contribution in [2.45, 2.75) is 56.2 Å². The first-order chi connectivity index (χ1) is 28.1. The van der Waals surface area contributed by atoms with Crippen molar-refractivity contribution in [3.05, 3.63) is 64.0 Å². The summed E-state index contributed by atoms with van der Waals surface area (Å²) in [7, 11) is -0.693. The van der Waals surface area contributed by atoms with Gasteiger partial charge in [-0.2, -0.15) is 8.42 Å². The number of esters is 3. The lowest BCUT2D eigenvalue weighted by Gasteiger charge is -2.42. The van der Waals surface area contributed by atoms with Crippen molar-refractivity contribution in [3.8, 4) is 17.2 Å². The van der Waals surface area contributed by atoms with Crippen LogP contribution >= 0.6 is 11.6 Å². The number of amides is 1. The number of alkyl halides is 1. The normalized spacial score (nSPS) is 20.9. The van der Waals surface area contributed by atoms with E-state index in [1.54, 1.807) is 18.2 Å². The van der Waals surface area contributed by atoms with Crippen molar-refractivity contribution >= 4 is 62.0 Å². The predicted octanol–water partition coefficient (Wildman–Crippen LogP) is 4.54. The number of azide groups is 1. The van der Waals surface area contributed by atoms with Crippen molar-refractivity contribution in [2.24, 2.45) is 11.0 Å². The lowest BCUT2D eigenvalue weighted by molar-refractivity contribution is -0.266. The molecule has 1 amide bonds. The lowest BCUT2D eigenvalue weighted by Crippen LogP contribution is -2.60. The molecule has 2 heterocycles. The van der Waals surface area contributed by atoms with Crippen LogP contribution in [0, 0.1) is 5.92 Å². The quantitative estimate of drug-likeness (QED) is 0.0286. The van der Waals surface area contributed by atoms with Crippen LogP contribution in [-0.2, 0) is 48.2 Å². The summed E-state index contributed by atoms with van der Waals surface area (Å²) in [5.74, 6) is -4.14.